The van der Waals surface area contributed by atoms with Gasteiger partial charge in [0, 0.05) is 24.7 Å². The maximum absolute atomic E-state index is 13.0. The molecule has 5 rings (SSSR count). The van der Waals surface area contributed by atoms with Gasteiger partial charge in [-0.2, -0.15) is 5.06 Å². The Morgan fingerprint density at radius 1 is 1.13 bits per heavy atom. The van der Waals surface area contributed by atoms with E-state index in [-0.39, 0.29) is 12.1 Å². The van der Waals surface area contributed by atoms with E-state index in [0.717, 1.165) is 45.5 Å². The van der Waals surface area contributed by atoms with E-state index >= 15 is 0 Å². The molecule has 2 amide bonds. The van der Waals surface area contributed by atoms with Crippen molar-refractivity contribution < 1.29 is 9.63 Å². The van der Waals surface area contributed by atoms with E-state index in [1.165, 1.54) is 5.06 Å². The summed E-state index contributed by atoms with van der Waals surface area (Å²) in [4.78, 5) is 27.6. The number of rotatable bonds is 3. The summed E-state index contributed by atoms with van der Waals surface area (Å²) >= 11 is 0. The van der Waals surface area contributed by atoms with Gasteiger partial charge in [0.25, 0.3) is 0 Å². The lowest BCUT2D eigenvalue weighted by Gasteiger charge is -2.23. The maximum Gasteiger partial charge on any atom is 0.346 e. The molecule has 1 atom stereocenters. The topological polar surface area (TPSA) is 72.3 Å². The number of nitrogens with one attached hydrogen (secondary N) is 1. The van der Waals surface area contributed by atoms with Crippen molar-refractivity contribution in [2.45, 2.75) is 19.4 Å². The quantitative estimate of drug-likeness (QED) is 0.521. The van der Waals surface area contributed by atoms with Crippen molar-refractivity contribution in [1.82, 2.24) is 19.6 Å². The molecular weight excluding hydrogens is 390 g/mol. The molecule has 1 aliphatic rings. The van der Waals surface area contributed by atoms with Gasteiger partial charge in [-0.05, 0) is 30.2 Å². The fourth-order valence-electron chi connectivity index (χ4n) is 3.92. The second kappa shape index (κ2) is 7.85. The van der Waals surface area contributed by atoms with Crippen LogP contribution in [0.1, 0.15) is 23.6 Å². The van der Waals surface area contributed by atoms with Gasteiger partial charge in [-0.3, -0.25) is 9.82 Å². The molecular formula is C24H23N5O2. The number of fused-ring (bicyclic) bond motifs is 1. The number of aromatic nitrogens is 3. The molecule has 1 fully saturated rings. The summed E-state index contributed by atoms with van der Waals surface area (Å²) in [6, 6.07) is 17.5. The van der Waals surface area contributed by atoms with E-state index in [1.807, 2.05) is 73.1 Å². The monoisotopic (exact) mass is 413 g/mol. The van der Waals surface area contributed by atoms with Crippen molar-refractivity contribution in [2.75, 3.05) is 11.9 Å². The van der Waals surface area contributed by atoms with E-state index in [4.69, 9.17) is 4.84 Å². The number of nitrogens with zero attached hydrogens (tertiary/aromatic N) is 4. The molecule has 0 saturated carbocycles. The molecule has 3 heterocycles. The average Bonchev–Trinajstić information content (AvgIpc) is 3.43. The van der Waals surface area contributed by atoms with Crippen LogP contribution in [0.2, 0.25) is 0 Å². The van der Waals surface area contributed by atoms with Crippen LogP contribution in [0, 0.1) is 6.92 Å². The summed E-state index contributed by atoms with van der Waals surface area (Å²) < 4.78 is 1.96. The SMILES string of the molecule is Cc1ccc(-c2cc3c(cn2)ncn3C)cc1NC(=O)N1OCCC1c1ccccc1. The van der Waals surface area contributed by atoms with Crippen molar-refractivity contribution in [2.24, 2.45) is 7.05 Å². The summed E-state index contributed by atoms with van der Waals surface area (Å²) in [5.41, 5.74) is 6.37. The molecule has 0 bridgehead atoms. The highest BCUT2D eigenvalue weighted by molar-refractivity contribution is 5.91. The first kappa shape index (κ1) is 19.3. The summed E-state index contributed by atoms with van der Waals surface area (Å²) in [6.07, 6.45) is 4.31. The summed E-state index contributed by atoms with van der Waals surface area (Å²) in [7, 11) is 1.96. The van der Waals surface area contributed by atoms with Crippen LogP contribution >= 0.6 is 0 Å². The molecule has 0 radical (unpaired) electrons. The average molecular weight is 413 g/mol. The van der Waals surface area contributed by atoms with Crippen LogP contribution in [0.25, 0.3) is 22.3 Å². The van der Waals surface area contributed by atoms with Crippen LogP contribution in [0.4, 0.5) is 10.5 Å². The van der Waals surface area contributed by atoms with Crippen molar-refractivity contribution in [3.05, 3.63) is 78.2 Å². The molecule has 2 aromatic carbocycles. The molecule has 156 valence electrons. The largest absolute Gasteiger partial charge is 0.346 e. The van der Waals surface area contributed by atoms with E-state index in [0.29, 0.717) is 6.61 Å². The van der Waals surface area contributed by atoms with Gasteiger partial charge in [-0.1, -0.05) is 42.5 Å². The first-order valence-electron chi connectivity index (χ1n) is 10.3. The van der Waals surface area contributed by atoms with Crippen LogP contribution < -0.4 is 5.32 Å². The van der Waals surface area contributed by atoms with Crippen molar-refractivity contribution in [3.8, 4) is 11.3 Å². The lowest BCUT2D eigenvalue weighted by atomic mass is 10.0. The second-order valence-corrected chi connectivity index (χ2v) is 7.75. The van der Waals surface area contributed by atoms with E-state index in [1.54, 1.807) is 12.5 Å². The molecule has 2 aromatic heterocycles. The summed E-state index contributed by atoms with van der Waals surface area (Å²) in [5, 5.41) is 4.47. The number of carbonyl (C=O) groups excluding carboxylic acids is 1. The Balaban J connectivity index is 1.41. The summed E-state index contributed by atoms with van der Waals surface area (Å²) in [5.74, 6) is 0. The molecule has 4 aromatic rings. The Hall–Kier alpha value is -3.71. The standard InChI is InChI=1S/C24H23N5O2/c1-16-8-9-18(20-13-23-21(14-25-20)26-15-28(23)2)12-19(16)27-24(30)29-22(10-11-31-29)17-6-4-3-5-7-17/h3-9,12-15,22H,10-11H2,1-2H3,(H,27,30). The van der Waals surface area contributed by atoms with Crippen LogP contribution in [-0.4, -0.2) is 32.2 Å². The third kappa shape index (κ3) is 3.64. The number of hydrogen-bond acceptors (Lipinski definition) is 4. The van der Waals surface area contributed by atoms with Gasteiger partial charge in [0.05, 0.1) is 36.4 Å². The molecule has 1 saturated heterocycles. The Morgan fingerprint density at radius 2 is 1.97 bits per heavy atom. The van der Waals surface area contributed by atoms with Gasteiger partial charge in [0.1, 0.15) is 5.52 Å². The number of anilines is 1. The van der Waals surface area contributed by atoms with Crippen molar-refractivity contribution in [3.63, 3.8) is 0 Å². The maximum atomic E-state index is 13.0. The Kier molecular flexibility index (Phi) is 4.88. The van der Waals surface area contributed by atoms with Gasteiger partial charge in [0.15, 0.2) is 0 Å². The highest BCUT2D eigenvalue weighted by Crippen LogP contribution is 2.32. The minimum absolute atomic E-state index is 0.0985. The molecule has 0 aliphatic carbocycles. The number of pyridine rings is 1. The fraction of sp³-hybridized carbons (Fsp3) is 0.208. The first-order valence-corrected chi connectivity index (χ1v) is 10.3. The normalized spacial score (nSPS) is 16.1. The van der Waals surface area contributed by atoms with Crippen LogP contribution in [0.5, 0.6) is 0 Å². The smallest absolute Gasteiger partial charge is 0.334 e. The molecule has 1 unspecified atom stereocenters. The van der Waals surface area contributed by atoms with E-state index in [9.17, 15) is 4.79 Å². The van der Waals surface area contributed by atoms with Gasteiger partial charge < -0.3 is 9.88 Å². The number of benzene rings is 2. The Morgan fingerprint density at radius 3 is 2.81 bits per heavy atom. The first-order chi connectivity index (χ1) is 15.1. The number of urea groups is 1. The van der Waals surface area contributed by atoms with Gasteiger partial charge >= 0.3 is 6.03 Å². The number of amides is 2. The highest BCUT2D eigenvalue weighted by Gasteiger charge is 2.32. The Bertz CT molecular complexity index is 1250. The number of carbonyl (C=O) groups is 1. The molecule has 7 nitrogen and oxygen atoms in total. The predicted molar refractivity (Wildman–Crippen MR) is 119 cm³/mol. The zero-order valence-electron chi connectivity index (χ0n) is 17.4. The molecule has 0 spiro atoms. The van der Waals surface area contributed by atoms with Gasteiger partial charge in [-0.15, -0.1) is 0 Å². The molecule has 31 heavy (non-hydrogen) atoms. The van der Waals surface area contributed by atoms with Crippen molar-refractivity contribution in [1.29, 1.82) is 0 Å². The fourth-order valence-corrected chi connectivity index (χ4v) is 3.92. The third-order valence-electron chi connectivity index (χ3n) is 5.68. The van der Waals surface area contributed by atoms with Crippen LogP contribution in [0.3, 0.4) is 0 Å². The molecule has 7 heteroatoms. The van der Waals surface area contributed by atoms with Gasteiger partial charge in [-0.25, -0.2) is 9.78 Å². The van der Waals surface area contributed by atoms with Crippen molar-refractivity contribution >= 4 is 22.8 Å². The zero-order valence-corrected chi connectivity index (χ0v) is 17.4. The van der Waals surface area contributed by atoms with Gasteiger partial charge in [0.2, 0.25) is 0 Å². The minimum atomic E-state index is -0.276. The number of hydroxylamine groups is 2. The summed E-state index contributed by atoms with van der Waals surface area (Å²) in [6.45, 7) is 2.48. The third-order valence-corrected chi connectivity index (χ3v) is 5.68. The molecule has 1 N–H and O–H groups in total. The zero-order chi connectivity index (χ0) is 21.4. The van der Waals surface area contributed by atoms with E-state index < -0.39 is 0 Å². The van der Waals surface area contributed by atoms with Crippen LogP contribution in [0.15, 0.2) is 67.1 Å². The number of aryl methyl sites for hydroxylation is 2. The lowest BCUT2D eigenvalue weighted by molar-refractivity contribution is -0.0829. The van der Waals surface area contributed by atoms with Crippen LogP contribution in [-0.2, 0) is 11.9 Å². The number of imidazole rings is 1. The minimum Gasteiger partial charge on any atom is -0.334 e. The highest BCUT2D eigenvalue weighted by atomic mass is 16.7. The second-order valence-electron chi connectivity index (χ2n) is 7.75. The Labute approximate surface area is 180 Å². The number of hydrogen-bond donors (Lipinski definition) is 1. The molecule has 1 aliphatic heterocycles. The lowest BCUT2D eigenvalue weighted by Crippen LogP contribution is -2.33. The van der Waals surface area contributed by atoms with E-state index in [2.05, 4.69) is 15.3 Å². The predicted octanol–water partition coefficient (Wildman–Crippen LogP) is 4.85.